The highest BCUT2D eigenvalue weighted by molar-refractivity contribution is 8.00. The van der Waals surface area contributed by atoms with Crippen LogP contribution in [0.4, 0.5) is 0 Å². The molecule has 2 fully saturated rings. The van der Waals surface area contributed by atoms with E-state index in [1.54, 1.807) is 0 Å². The van der Waals surface area contributed by atoms with Crippen molar-refractivity contribution in [1.82, 2.24) is 20.4 Å². The van der Waals surface area contributed by atoms with Crippen LogP contribution in [0.1, 0.15) is 47.4 Å². The van der Waals surface area contributed by atoms with Crippen LogP contribution in [0.15, 0.2) is 0 Å². The van der Waals surface area contributed by atoms with Gasteiger partial charge in [0.25, 0.3) is 5.91 Å². The van der Waals surface area contributed by atoms with Crippen LogP contribution in [0.2, 0.25) is 0 Å². The Bertz CT molecular complexity index is 542. The Labute approximate surface area is 129 Å². The normalized spacial score (nSPS) is 28.9. The number of aromatic amines is 1. The molecule has 2 atom stereocenters. The molecule has 1 amide bonds. The number of carbonyl (C=O) groups is 1. The third kappa shape index (κ3) is 2.38. The Morgan fingerprint density at radius 1 is 1.33 bits per heavy atom. The van der Waals surface area contributed by atoms with Gasteiger partial charge in [-0.1, -0.05) is 12.8 Å². The summed E-state index contributed by atoms with van der Waals surface area (Å²) in [6.45, 7) is 2.61. The van der Waals surface area contributed by atoms with E-state index in [-0.39, 0.29) is 5.91 Å². The van der Waals surface area contributed by atoms with Crippen LogP contribution in [0.25, 0.3) is 0 Å². The monoisotopic (exact) mass is 306 g/mol. The molecule has 0 bridgehead atoms. The number of nitrogens with zero attached hydrogens (tertiary/aromatic N) is 2. The lowest BCUT2D eigenvalue weighted by Crippen LogP contribution is -2.52. The molecule has 2 aliphatic heterocycles. The lowest BCUT2D eigenvalue weighted by atomic mass is 9.92. The van der Waals surface area contributed by atoms with Crippen LogP contribution in [0.5, 0.6) is 0 Å². The summed E-state index contributed by atoms with van der Waals surface area (Å²) in [5, 5.41) is 11.4. The first-order valence-electron chi connectivity index (χ1n) is 8.04. The van der Waals surface area contributed by atoms with Gasteiger partial charge in [0.05, 0.1) is 0 Å². The topological polar surface area (TPSA) is 61.0 Å². The fraction of sp³-hybridized carbons (Fsp3) is 0.733. The van der Waals surface area contributed by atoms with Crippen molar-refractivity contribution in [1.29, 1.82) is 0 Å². The second-order valence-electron chi connectivity index (χ2n) is 6.22. The maximum absolute atomic E-state index is 13.0. The van der Waals surface area contributed by atoms with Gasteiger partial charge in [0.1, 0.15) is 0 Å². The molecule has 114 valence electrons. The van der Waals surface area contributed by atoms with Gasteiger partial charge in [0.2, 0.25) is 0 Å². The Morgan fingerprint density at radius 3 is 3.19 bits per heavy atom. The summed E-state index contributed by atoms with van der Waals surface area (Å²) >= 11 is 2.06. The molecule has 3 heterocycles. The van der Waals surface area contributed by atoms with E-state index in [0.29, 0.717) is 17.0 Å². The standard InChI is InChI=1S/C15H22N4OS/c20-15(14-10-9-16-6-5-11(10)17-18-14)19-7-8-21-13-4-2-1-3-12(13)19/h12-13,16H,1-9H2,(H,17,18). The van der Waals surface area contributed by atoms with Crippen LogP contribution in [-0.4, -0.2) is 51.1 Å². The number of H-pyrrole nitrogens is 1. The second-order valence-corrected chi connectivity index (χ2v) is 7.56. The Hall–Kier alpha value is -1.01. The summed E-state index contributed by atoms with van der Waals surface area (Å²) in [6.07, 6.45) is 5.94. The number of aromatic nitrogens is 2. The summed E-state index contributed by atoms with van der Waals surface area (Å²) in [5.41, 5.74) is 2.90. The molecule has 1 aromatic rings. The van der Waals surface area contributed by atoms with Gasteiger partial charge in [-0.2, -0.15) is 16.9 Å². The zero-order chi connectivity index (χ0) is 14.2. The van der Waals surface area contributed by atoms with E-state index in [4.69, 9.17) is 0 Å². The number of thioether (sulfide) groups is 1. The van der Waals surface area contributed by atoms with Gasteiger partial charge < -0.3 is 10.2 Å². The van der Waals surface area contributed by atoms with Crippen LogP contribution < -0.4 is 5.32 Å². The fourth-order valence-corrected chi connectivity index (χ4v) is 5.33. The largest absolute Gasteiger partial charge is 0.332 e. The third-order valence-electron chi connectivity index (χ3n) is 5.00. The highest BCUT2D eigenvalue weighted by Crippen LogP contribution is 2.36. The predicted octanol–water partition coefficient (Wildman–Crippen LogP) is 1.56. The maximum atomic E-state index is 13.0. The van der Waals surface area contributed by atoms with Gasteiger partial charge in [-0.15, -0.1) is 0 Å². The molecule has 6 heteroatoms. The average Bonchev–Trinajstić information content (AvgIpc) is 2.98. The molecule has 0 radical (unpaired) electrons. The molecule has 1 saturated carbocycles. The minimum absolute atomic E-state index is 0.147. The van der Waals surface area contributed by atoms with Gasteiger partial charge in [0.15, 0.2) is 5.69 Å². The minimum atomic E-state index is 0.147. The zero-order valence-corrected chi connectivity index (χ0v) is 13.0. The Balaban J connectivity index is 1.60. The van der Waals surface area contributed by atoms with E-state index < -0.39 is 0 Å². The van der Waals surface area contributed by atoms with Crippen molar-refractivity contribution in [2.24, 2.45) is 0 Å². The van der Waals surface area contributed by atoms with Crippen molar-refractivity contribution in [3.05, 3.63) is 17.0 Å². The number of nitrogens with one attached hydrogen (secondary N) is 2. The van der Waals surface area contributed by atoms with Gasteiger partial charge in [-0.25, -0.2) is 0 Å². The number of hydrogen-bond acceptors (Lipinski definition) is 4. The molecule has 1 aromatic heterocycles. The summed E-state index contributed by atoms with van der Waals surface area (Å²) in [7, 11) is 0. The first-order valence-corrected chi connectivity index (χ1v) is 9.09. The molecule has 1 aliphatic carbocycles. The molecule has 1 saturated heterocycles. The van der Waals surface area contributed by atoms with Gasteiger partial charge in [-0.05, 0) is 12.8 Å². The van der Waals surface area contributed by atoms with E-state index in [1.165, 1.54) is 19.3 Å². The minimum Gasteiger partial charge on any atom is -0.332 e. The number of hydrogen-bond donors (Lipinski definition) is 2. The lowest BCUT2D eigenvalue weighted by Gasteiger charge is -2.43. The van der Waals surface area contributed by atoms with Crippen LogP contribution in [0.3, 0.4) is 0 Å². The molecular weight excluding hydrogens is 284 g/mol. The quantitative estimate of drug-likeness (QED) is 0.826. The Kier molecular flexibility index (Phi) is 3.67. The molecule has 2 N–H and O–H groups in total. The third-order valence-corrected chi connectivity index (χ3v) is 6.40. The smallest absolute Gasteiger partial charge is 0.275 e. The summed E-state index contributed by atoms with van der Waals surface area (Å²) < 4.78 is 0. The van der Waals surface area contributed by atoms with Crippen molar-refractivity contribution >= 4 is 17.7 Å². The van der Waals surface area contributed by atoms with E-state index in [1.807, 2.05) is 0 Å². The van der Waals surface area contributed by atoms with E-state index >= 15 is 0 Å². The van der Waals surface area contributed by atoms with Crippen LogP contribution in [0, 0.1) is 0 Å². The molecule has 21 heavy (non-hydrogen) atoms. The summed E-state index contributed by atoms with van der Waals surface area (Å²) in [5.74, 6) is 1.21. The molecule has 5 nitrogen and oxygen atoms in total. The molecule has 0 aromatic carbocycles. The van der Waals surface area contributed by atoms with Crippen molar-refractivity contribution in [2.75, 3.05) is 18.8 Å². The second kappa shape index (κ2) is 5.65. The number of amides is 1. The van der Waals surface area contributed by atoms with Crippen LogP contribution in [-0.2, 0) is 13.0 Å². The molecule has 0 spiro atoms. The molecule has 3 aliphatic rings. The fourth-order valence-electron chi connectivity index (χ4n) is 3.89. The van der Waals surface area contributed by atoms with Gasteiger partial charge in [0, 0.05) is 54.4 Å². The first kappa shape index (κ1) is 13.6. The number of fused-ring (bicyclic) bond motifs is 2. The van der Waals surface area contributed by atoms with Crippen LogP contribution >= 0.6 is 11.8 Å². The lowest BCUT2D eigenvalue weighted by molar-refractivity contribution is 0.0639. The van der Waals surface area contributed by atoms with Gasteiger partial charge >= 0.3 is 0 Å². The van der Waals surface area contributed by atoms with Crippen molar-refractivity contribution in [2.45, 2.75) is 49.9 Å². The van der Waals surface area contributed by atoms with Crippen molar-refractivity contribution < 1.29 is 4.79 Å². The number of rotatable bonds is 1. The highest BCUT2D eigenvalue weighted by atomic mass is 32.2. The molecule has 2 unspecified atom stereocenters. The van der Waals surface area contributed by atoms with Gasteiger partial charge in [-0.3, -0.25) is 9.89 Å². The first-order chi connectivity index (χ1) is 10.3. The van der Waals surface area contributed by atoms with E-state index in [0.717, 1.165) is 49.5 Å². The number of carbonyl (C=O) groups excluding carboxylic acids is 1. The van der Waals surface area contributed by atoms with Crippen molar-refractivity contribution in [3.8, 4) is 0 Å². The zero-order valence-electron chi connectivity index (χ0n) is 12.2. The predicted molar refractivity (Wildman–Crippen MR) is 83.5 cm³/mol. The SMILES string of the molecule is O=C(c1n[nH]c2c1CNCC2)N1CCSC2CCCCC21. The average molecular weight is 306 g/mol. The summed E-state index contributed by atoms with van der Waals surface area (Å²) in [4.78, 5) is 15.1. The highest BCUT2D eigenvalue weighted by Gasteiger charge is 2.38. The molecular formula is C15H22N4OS. The van der Waals surface area contributed by atoms with Crippen molar-refractivity contribution in [3.63, 3.8) is 0 Å². The van der Waals surface area contributed by atoms with E-state index in [9.17, 15) is 4.79 Å². The Morgan fingerprint density at radius 2 is 2.24 bits per heavy atom. The maximum Gasteiger partial charge on any atom is 0.275 e. The molecule has 4 rings (SSSR count). The van der Waals surface area contributed by atoms with E-state index in [2.05, 4.69) is 32.2 Å². The summed E-state index contributed by atoms with van der Waals surface area (Å²) in [6, 6.07) is 0.425.